The van der Waals surface area contributed by atoms with Gasteiger partial charge in [0, 0.05) is 31.5 Å². The lowest BCUT2D eigenvalue weighted by Gasteiger charge is -2.51. The molecule has 1 N–H and O–H groups in total. The standard InChI is InChI=1S/C39H39N2O5P/c1-5-24-46-39(45)38(47(30-18-9-6-10-19-30,31-20-11-7-12-21-31)32-22-13-8-14-23-32)41-33(35(27(2)3)37(41)44)26-34(42)28-16-15-17-29(25-28)36(43)40-4/h5-23,25,27,33,35H,1,24,26H2,2-4H3,(H,40,43)/t33-,35-/m1/s1. The van der Waals surface area contributed by atoms with E-state index >= 15 is 0 Å². The maximum absolute atomic E-state index is 14.6. The Morgan fingerprint density at radius 2 is 1.34 bits per heavy atom. The van der Waals surface area contributed by atoms with Crippen LogP contribution >= 0.6 is 6.89 Å². The van der Waals surface area contributed by atoms with E-state index in [-0.39, 0.29) is 42.0 Å². The molecular formula is C39H39N2O5P. The number of Topliss-reactive ketones (excluding diaryl/α,β-unsaturated/α-hetero) is 1. The van der Waals surface area contributed by atoms with E-state index in [2.05, 4.69) is 11.9 Å². The van der Waals surface area contributed by atoms with Gasteiger partial charge in [0.2, 0.25) is 5.91 Å². The molecule has 240 valence electrons. The molecule has 2 atom stereocenters. The molecule has 0 bridgehead atoms. The quantitative estimate of drug-likeness (QED) is 0.0773. The summed E-state index contributed by atoms with van der Waals surface area (Å²) in [5, 5.41) is 5.19. The Balaban J connectivity index is 1.81. The second kappa shape index (κ2) is 14.6. The summed E-state index contributed by atoms with van der Waals surface area (Å²) in [6.07, 6.45) is 1.46. The topological polar surface area (TPSA) is 92.8 Å². The molecule has 4 aromatic rings. The Morgan fingerprint density at radius 1 is 0.830 bits per heavy atom. The van der Waals surface area contributed by atoms with E-state index < -0.39 is 24.8 Å². The van der Waals surface area contributed by atoms with Gasteiger partial charge in [-0.3, -0.25) is 14.4 Å². The third-order valence-electron chi connectivity index (χ3n) is 8.55. The summed E-state index contributed by atoms with van der Waals surface area (Å²) in [4.78, 5) is 56.8. The van der Waals surface area contributed by atoms with Crippen LogP contribution in [0.1, 0.15) is 41.0 Å². The van der Waals surface area contributed by atoms with Crippen LogP contribution in [0.4, 0.5) is 0 Å². The minimum absolute atomic E-state index is 0.0393. The van der Waals surface area contributed by atoms with Gasteiger partial charge in [0.05, 0.1) is 12.0 Å². The summed E-state index contributed by atoms with van der Waals surface area (Å²) >= 11 is 0. The third-order valence-corrected chi connectivity index (χ3v) is 12.8. The predicted molar refractivity (Wildman–Crippen MR) is 189 cm³/mol. The second-order valence-corrected chi connectivity index (χ2v) is 15.0. The first-order chi connectivity index (χ1) is 22.7. The van der Waals surface area contributed by atoms with Crippen LogP contribution in [-0.4, -0.2) is 53.6 Å². The van der Waals surface area contributed by atoms with Crippen molar-refractivity contribution in [2.45, 2.75) is 26.3 Å². The van der Waals surface area contributed by atoms with Crippen LogP contribution in [-0.2, 0) is 14.3 Å². The highest BCUT2D eigenvalue weighted by atomic mass is 31.2. The maximum Gasteiger partial charge on any atom is 0.356 e. The first kappa shape index (κ1) is 33.4. The number of esters is 1. The van der Waals surface area contributed by atoms with Gasteiger partial charge < -0.3 is 15.0 Å². The number of carbonyl (C=O) groups is 4. The summed E-state index contributed by atoms with van der Waals surface area (Å²) in [6, 6.07) is 35.2. The Labute approximate surface area is 276 Å². The van der Waals surface area contributed by atoms with Crippen molar-refractivity contribution in [2.24, 2.45) is 11.8 Å². The number of ketones is 1. The largest absolute Gasteiger partial charge is 0.457 e. The van der Waals surface area contributed by atoms with Gasteiger partial charge in [-0.05, 0) is 34.0 Å². The number of hydrogen-bond acceptors (Lipinski definition) is 5. The molecule has 1 heterocycles. The lowest BCUT2D eigenvalue weighted by molar-refractivity contribution is -0.153. The van der Waals surface area contributed by atoms with E-state index in [1.54, 1.807) is 29.2 Å². The third kappa shape index (κ3) is 6.36. The van der Waals surface area contributed by atoms with Crippen LogP contribution in [0.25, 0.3) is 0 Å². The minimum Gasteiger partial charge on any atom is -0.457 e. The Kier molecular flexibility index (Phi) is 10.4. The summed E-state index contributed by atoms with van der Waals surface area (Å²) in [6.45, 7) is 4.49. The smallest absolute Gasteiger partial charge is 0.356 e. The fourth-order valence-electron chi connectivity index (χ4n) is 6.43. The molecule has 8 heteroatoms. The number of carbonyl (C=O) groups excluding carboxylic acids is 4. The zero-order valence-corrected chi connectivity index (χ0v) is 27.7. The van der Waals surface area contributed by atoms with Gasteiger partial charge in [0.15, 0.2) is 5.78 Å². The summed E-state index contributed by atoms with van der Waals surface area (Å²) in [5.41, 5.74) is 0.948. The van der Waals surface area contributed by atoms with Crippen LogP contribution in [0.3, 0.4) is 0 Å². The number of benzene rings is 4. The normalized spacial score (nSPS) is 15.8. The van der Waals surface area contributed by atoms with Crippen molar-refractivity contribution in [2.75, 3.05) is 13.7 Å². The van der Waals surface area contributed by atoms with Gasteiger partial charge in [-0.2, -0.15) is 0 Å². The number of nitrogens with one attached hydrogen (secondary N) is 1. The zero-order valence-electron chi connectivity index (χ0n) is 26.8. The van der Waals surface area contributed by atoms with Crippen molar-refractivity contribution in [1.82, 2.24) is 10.2 Å². The van der Waals surface area contributed by atoms with Crippen LogP contribution in [0.2, 0.25) is 0 Å². The monoisotopic (exact) mass is 646 g/mol. The lowest BCUT2D eigenvalue weighted by Crippen LogP contribution is -2.67. The molecule has 1 fully saturated rings. The van der Waals surface area contributed by atoms with E-state index in [0.717, 1.165) is 15.9 Å². The van der Waals surface area contributed by atoms with Crippen LogP contribution in [0.15, 0.2) is 128 Å². The molecule has 0 aromatic heterocycles. The number of β-lactam (4-membered cyclic amide) rings is 1. The van der Waals surface area contributed by atoms with E-state index in [9.17, 15) is 19.2 Å². The van der Waals surface area contributed by atoms with E-state index in [4.69, 9.17) is 4.74 Å². The Hall–Kier alpha value is -5.00. The van der Waals surface area contributed by atoms with Crippen molar-refractivity contribution in [3.8, 4) is 0 Å². The number of amides is 2. The lowest BCUT2D eigenvalue weighted by atomic mass is 9.76. The first-order valence-electron chi connectivity index (χ1n) is 15.7. The number of likely N-dealkylation sites (tertiary alicyclic amines) is 1. The molecule has 0 radical (unpaired) electrons. The molecule has 5 rings (SSSR count). The Bertz CT molecular complexity index is 1730. The van der Waals surface area contributed by atoms with E-state index in [0.29, 0.717) is 11.1 Å². The molecule has 0 aliphatic carbocycles. The number of rotatable bonds is 12. The molecule has 4 aromatic carbocycles. The molecule has 2 amide bonds. The number of ether oxygens (including phenoxy) is 1. The molecule has 1 aliphatic heterocycles. The average Bonchev–Trinajstić information content (AvgIpc) is 3.11. The summed E-state index contributed by atoms with van der Waals surface area (Å²) in [5.74, 6) is -2.00. The Morgan fingerprint density at radius 3 is 1.81 bits per heavy atom. The van der Waals surface area contributed by atoms with Gasteiger partial charge >= 0.3 is 5.97 Å². The van der Waals surface area contributed by atoms with Crippen molar-refractivity contribution in [3.63, 3.8) is 0 Å². The molecule has 7 nitrogen and oxygen atoms in total. The van der Waals surface area contributed by atoms with Crippen molar-refractivity contribution >= 4 is 51.8 Å². The van der Waals surface area contributed by atoms with Crippen LogP contribution < -0.4 is 21.2 Å². The second-order valence-electron chi connectivity index (χ2n) is 11.7. The van der Waals surface area contributed by atoms with Crippen LogP contribution in [0.5, 0.6) is 0 Å². The highest BCUT2D eigenvalue weighted by Gasteiger charge is 2.55. The average molecular weight is 647 g/mol. The van der Waals surface area contributed by atoms with Crippen LogP contribution in [0, 0.1) is 11.8 Å². The number of nitrogens with zero attached hydrogens (tertiary/aromatic N) is 1. The van der Waals surface area contributed by atoms with Crippen molar-refractivity contribution in [3.05, 3.63) is 139 Å². The fraction of sp³-hybridized carbons (Fsp3) is 0.205. The molecule has 47 heavy (non-hydrogen) atoms. The molecule has 0 unspecified atom stereocenters. The van der Waals surface area contributed by atoms with E-state index in [1.807, 2.05) is 105 Å². The van der Waals surface area contributed by atoms with Crippen molar-refractivity contribution in [1.29, 1.82) is 0 Å². The maximum atomic E-state index is 14.6. The van der Waals surface area contributed by atoms with Gasteiger partial charge in [-0.25, -0.2) is 4.79 Å². The molecule has 0 saturated carbocycles. The molecule has 1 saturated heterocycles. The van der Waals surface area contributed by atoms with Gasteiger partial charge in [-0.1, -0.05) is 130 Å². The van der Waals surface area contributed by atoms with E-state index in [1.165, 1.54) is 13.1 Å². The molecule has 0 spiro atoms. The van der Waals surface area contributed by atoms with Gasteiger partial charge in [0.25, 0.3) is 5.91 Å². The summed E-state index contributed by atoms with van der Waals surface area (Å²) < 4.78 is 5.83. The SMILES string of the molecule is C=CCOC(=O)C(N1C(=O)[C@H](C(C)C)[C@H]1CC(=O)c1cccc(C(=O)NC)c1)=P(c1ccccc1)(c1ccccc1)c1ccccc1. The molecule has 1 aliphatic rings. The minimum atomic E-state index is -3.10. The van der Waals surface area contributed by atoms with Gasteiger partial charge in [-0.15, -0.1) is 0 Å². The first-order valence-corrected chi connectivity index (χ1v) is 17.4. The van der Waals surface area contributed by atoms with Gasteiger partial charge in [0.1, 0.15) is 12.0 Å². The molecular weight excluding hydrogens is 607 g/mol. The fourth-order valence-corrected chi connectivity index (χ4v) is 10.8. The zero-order chi connectivity index (χ0) is 33.6. The predicted octanol–water partition coefficient (Wildman–Crippen LogP) is 4.96. The highest BCUT2D eigenvalue weighted by Crippen LogP contribution is 2.50. The number of hydrogen-bond donors (Lipinski definition) is 1. The summed E-state index contributed by atoms with van der Waals surface area (Å²) in [7, 11) is 1.53. The highest BCUT2D eigenvalue weighted by molar-refractivity contribution is 7.96. The van der Waals surface area contributed by atoms with Crippen molar-refractivity contribution < 1.29 is 23.9 Å².